The number of aromatic nitrogens is 1. The van der Waals surface area contributed by atoms with Crippen molar-refractivity contribution in [2.45, 2.75) is 49.5 Å². The molecule has 1 aliphatic heterocycles. The number of nitrogens with zero attached hydrogens (tertiary/aromatic N) is 3. The van der Waals surface area contributed by atoms with Gasteiger partial charge in [-0.25, -0.2) is 8.42 Å². The molecule has 300 valence electrons. The van der Waals surface area contributed by atoms with E-state index < -0.39 is 27.4 Å². The Hall–Kier alpha value is -5.21. The van der Waals surface area contributed by atoms with E-state index in [0.29, 0.717) is 53.7 Å². The van der Waals surface area contributed by atoms with Crippen molar-refractivity contribution < 1.29 is 32.6 Å². The molecule has 57 heavy (non-hydrogen) atoms. The third-order valence-electron chi connectivity index (χ3n) is 10.7. The predicted molar refractivity (Wildman–Crippen MR) is 223 cm³/mol. The number of anilines is 2. The maximum atomic E-state index is 14.0. The van der Waals surface area contributed by atoms with Crippen LogP contribution in [0.1, 0.15) is 47.8 Å². The number of benzene rings is 4. The van der Waals surface area contributed by atoms with Gasteiger partial charge in [0.05, 0.1) is 36.4 Å². The molecule has 14 heteroatoms. The molecule has 0 radical (unpaired) electrons. The first-order valence-corrected chi connectivity index (χ1v) is 20.6. The molecular formula is C43H48ClN5O7S. The molecule has 1 fully saturated rings. The number of likely N-dealkylation sites (tertiary alicyclic amines) is 1. The maximum Gasteiger partial charge on any atom is 0.253 e. The number of carbonyl (C=O) groups excluding carboxylic acids is 2. The van der Waals surface area contributed by atoms with E-state index in [2.05, 4.69) is 15.6 Å². The number of nitrogens with one attached hydrogen (secondary N) is 2. The molecule has 1 unspecified atom stereocenters. The lowest BCUT2D eigenvalue weighted by molar-refractivity contribution is -0.116. The van der Waals surface area contributed by atoms with Crippen molar-refractivity contribution in [2.75, 3.05) is 57.6 Å². The van der Waals surface area contributed by atoms with Gasteiger partial charge in [0.25, 0.3) is 5.91 Å². The topological polar surface area (TPSA) is 150 Å². The highest BCUT2D eigenvalue weighted by Crippen LogP contribution is 2.39. The number of aliphatic hydroxyl groups is 1. The first-order chi connectivity index (χ1) is 27.3. The number of aryl methyl sites for hydroxylation is 1. The van der Waals surface area contributed by atoms with Crippen molar-refractivity contribution in [1.29, 1.82) is 0 Å². The molecule has 2 amide bonds. The average molecular weight is 814 g/mol. The van der Waals surface area contributed by atoms with Crippen LogP contribution < -0.4 is 20.1 Å². The first-order valence-electron chi connectivity index (χ1n) is 18.8. The van der Waals surface area contributed by atoms with Gasteiger partial charge in [-0.05, 0) is 99.0 Å². The van der Waals surface area contributed by atoms with Gasteiger partial charge in [0.2, 0.25) is 15.9 Å². The lowest BCUT2D eigenvalue weighted by atomic mass is 9.69. The number of carbonyl (C=O) groups is 2. The highest BCUT2D eigenvalue weighted by molar-refractivity contribution is 7.89. The van der Waals surface area contributed by atoms with E-state index in [1.54, 1.807) is 54.3 Å². The molecule has 6 rings (SSSR count). The Morgan fingerprint density at radius 3 is 2.32 bits per heavy atom. The van der Waals surface area contributed by atoms with Gasteiger partial charge < -0.3 is 30.1 Å². The minimum atomic E-state index is -4.03. The number of halogens is 1. The van der Waals surface area contributed by atoms with Crippen molar-refractivity contribution >= 4 is 55.7 Å². The van der Waals surface area contributed by atoms with Crippen molar-refractivity contribution in [3.05, 3.63) is 119 Å². The van der Waals surface area contributed by atoms with Crippen LogP contribution in [0.25, 0.3) is 10.9 Å². The molecule has 1 saturated heterocycles. The second kappa shape index (κ2) is 17.9. The Balaban J connectivity index is 1.13. The van der Waals surface area contributed by atoms with Gasteiger partial charge in [-0.15, -0.1) is 0 Å². The molecule has 1 aliphatic rings. The summed E-state index contributed by atoms with van der Waals surface area (Å²) in [5.41, 5.74) is 3.67. The molecule has 0 spiro atoms. The smallest absolute Gasteiger partial charge is 0.253 e. The molecule has 2 heterocycles. The quantitative estimate of drug-likeness (QED) is 0.103. The van der Waals surface area contributed by atoms with Gasteiger partial charge in [-0.2, -0.15) is 4.31 Å². The summed E-state index contributed by atoms with van der Waals surface area (Å²) in [5.74, 6) is 0.191. The standard InChI is InChI=1S/C43H48ClN5O7S/c1-29-26-39(36-28-33(44)11-17-37(36)46-29)45-21-25-49(57(53,54)35-14-12-34(55-3)13-15-35)22-18-41(51)47-38-16-10-31(27-40(38)56-4)42(52)48-23-19-43(20-24-48,30(2)50)32-8-6-5-7-9-32/h5-17,26-28,30,50H,18-25H2,1-4H3,(H,45,46)(H,47,51). The Labute approximate surface area is 338 Å². The minimum Gasteiger partial charge on any atom is -0.497 e. The zero-order valence-corrected chi connectivity index (χ0v) is 34.1. The Bertz CT molecular complexity index is 2320. The molecule has 3 N–H and O–H groups in total. The third-order valence-corrected chi connectivity index (χ3v) is 12.8. The molecule has 12 nitrogen and oxygen atoms in total. The van der Waals surface area contributed by atoms with Crippen molar-refractivity contribution in [3.63, 3.8) is 0 Å². The number of amides is 2. The van der Waals surface area contributed by atoms with E-state index in [1.165, 1.54) is 30.7 Å². The van der Waals surface area contributed by atoms with E-state index in [9.17, 15) is 23.1 Å². The largest absolute Gasteiger partial charge is 0.497 e. The summed E-state index contributed by atoms with van der Waals surface area (Å²) in [7, 11) is -1.07. The second-order valence-corrected chi connectivity index (χ2v) is 16.6. The normalized spacial score (nSPS) is 14.6. The zero-order chi connectivity index (χ0) is 40.7. The van der Waals surface area contributed by atoms with E-state index >= 15 is 0 Å². The summed E-state index contributed by atoms with van der Waals surface area (Å²) in [5, 5.41) is 18.3. The number of pyridine rings is 1. The summed E-state index contributed by atoms with van der Waals surface area (Å²) in [6.45, 7) is 4.79. The van der Waals surface area contributed by atoms with Crippen LogP contribution in [0.4, 0.5) is 11.4 Å². The van der Waals surface area contributed by atoms with Gasteiger partial charge in [0.15, 0.2) is 0 Å². The molecule has 0 bridgehead atoms. The Morgan fingerprint density at radius 1 is 0.930 bits per heavy atom. The van der Waals surface area contributed by atoms with Gasteiger partial charge in [-0.1, -0.05) is 41.9 Å². The number of hydrogen-bond donors (Lipinski definition) is 3. The lowest BCUT2D eigenvalue weighted by Gasteiger charge is -2.44. The van der Waals surface area contributed by atoms with Crippen molar-refractivity contribution in [2.24, 2.45) is 0 Å². The van der Waals surface area contributed by atoms with Gasteiger partial charge in [-0.3, -0.25) is 14.6 Å². The SMILES string of the molecule is COc1ccc(S(=O)(=O)N(CCNc2cc(C)nc3ccc(Cl)cc23)CCC(=O)Nc2ccc(C(=O)N3CCC(c4ccccc4)(C(C)O)CC3)cc2OC)cc1. The molecule has 0 saturated carbocycles. The fourth-order valence-corrected chi connectivity index (χ4v) is 9.03. The van der Waals surface area contributed by atoms with Gasteiger partial charge in [0, 0.05) is 71.9 Å². The summed E-state index contributed by atoms with van der Waals surface area (Å²) in [4.78, 5) is 33.5. The van der Waals surface area contributed by atoms with Gasteiger partial charge in [0.1, 0.15) is 11.5 Å². The second-order valence-electron chi connectivity index (χ2n) is 14.2. The molecule has 5 aromatic rings. The molecule has 4 aromatic carbocycles. The number of ether oxygens (including phenoxy) is 2. The van der Waals surface area contributed by atoms with Gasteiger partial charge >= 0.3 is 0 Å². The number of fused-ring (bicyclic) bond motifs is 1. The highest BCUT2D eigenvalue weighted by Gasteiger charge is 2.41. The van der Waals surface area contributed by atoms with Crippen molar-refractivity contribution in [3.8, 4) is 11.5 Å². The number of aliphatic hydroxyl groups excluding tert-OH is 1. The number of rotatable bonds is 15. The molecule has 1 atom stereocenters. The lowest BCUT2D eigenvalue weighted by Crippen LogP contribution is -2.50. The maximum absolute atomic E-state index is 14.0. The van der Waals surface area contributed by atoms with Crippen LogP contribution in [-0.4, -0.2) is 92.6 Å². The molecule has 1 aromatic heterocycles. The number of sulfonamides is 1. The van der Waals surface area contributed by atoms with Crippen LogP contribution in [0, 0.1) is 6.92 Å². The summed E-state index contributed by atoms with van der Waals surface area (Å²) in [6, 6.07) is 28.2. The minimum absolute atomic E-state index is 0.0470. The number of methoxy groups -OCH3 is 2. The Morgan fingerprint density at radius 2 is 1.65 bits per heavy atom. The zero-order valence-electron chi connectivity index (χ0n) is 32.5. The molecule has 0 aliphatic carbocycles. The van der Waals surface area contributed by atoms with E-state index in [1.807, 2.05) is 49.4 Å². The van der Waals surface area contributed by atoms with E-state index in [-0.39, 0.29) is 36.9 Å². The van der Waals surface area contributed by atoms with Crippen LogP contribution in [0.2, 0.25) is 5.02 Å². The van der Waals surface area contributed by atoms with Crippen LogP contribution in [-0.2, 0) is 20.2 Å². The fourth-order valence-electron chi connectivity index (χ4n) is 7.42. The van der Waals surface area contributed by atoms with Crippen LogP contribution in [0.5, 0.6) is 11.5 Å². The monoisotopic (exact) mass is 813 g/mol. The highest BCUT2D eigenvalue weighted by atomic mass is 35.5. The van der Waals surface area contributed by atoms with Crippen LogP contribution in [0.3, 0.4) is 0 Å². The fraction of sp³-hybridized carbons (Fsp3) is 0.326. The first kappa shape index (κ1) is 41.4. The predicted octanol–water partition coefficient (Wildman–Crippen LogP) is 6.90. The van der Waals surface area contributed by atoms with Crippen LogP contribution in [0.15, 0.2) is 102 Å². The summed E-state index contributed by atoms with van der Waals surface area (Å²) in [6.07, 6.45) is 0.486. The third kappa shape index (κ3) is 9.34. The summed E-state index contributed by atoms with van der Waals surface area (Å²) >= 11 is 6.28. The summed E-state index contributed by atoms with van der Waals surface area (Å²) < 4.78 is 40.0. The van der Waals surface area contributed by atoms with Crippen molar-refractivity contribution in [1.82, 2.24) is 14.2 Å². The Kier molecular flexibility index (Phi) is 13.0. The van der Waals surface area contributed by atoms with Crippen LogP contribution >= 0.6 is 11.6 Å². The van der Waals surface area contributed by atoms with E-state index in [4.69, 9.17) is 21.1 Å². The number of hydrogen-bond acceptors (Lipinski definition) is 9. The number of piperidine rings is 1. The molecular weight excluding hydrogens is 766 g/mol. The van der Waals surface area contributed by atoms with E-state index in [0.717, 1.165) is 27.8 Å². The average Bonchev–Trinajstić information content (AvgIpc) is 3.22.